The maximum Gasteiger partial charge on any atom is 0.293 e. The highest BCUT2D eigenvalue weighted by molar-refractivity contribution is 6.07. The van der Waals surface area contributed by atoms with Crippen molar-refractivity contribution in [3.63, 3.8) is 0 Å². The second-order valence-electron chi connectivity index (χ2n) is 6.84. The van der Waals surface area contributed by atoms with Crippen LogP contribution in [-0.2, 0) is 11.3 Å². The molecule has 0 fully saturated rings. The summed E-state index contributed by atoms with van der Waals surface area (Å²) in [5.41, 5.74) is 16.9. The molecule has 4 heterocycles. The zero-order valence-corrected chi connectivity index (χ0v) is 16.5. The summed E-state index contributed by atoms with van der Waals surface area (Å²) in [5, 5.41) is 1.99. The lowest BCUT2D eigenvalue weighted by Gasteiger charge is -2.06. The van der Waals surface area contributed by atoms with Gasteiger partial charge >= 0.3 is 0 Å². The molecule has 4 N–H and O–H groups in total. The van der Waals surface area contributed by atoms with Crippen molar-refractivity contribution in [3.8, 4) is 23.0 Å². The molecule has 30 heavy (non-hydrogen) atoms. The average molecular weight is 396 g/mol. The summed E-state index contributed by atoms with van der Waals surface area (Å²) in [6.07, 6.45) is 4.35. The molecule has 7 nitrogen and oxygen atoms in total. The van der Waals surface area contributed by atoms with Gasteiger partial charge in [0.2, 0.25) is 0 Å². The van der Waals surface area contributed by atoms with Crippen LogP contribution in [0.3, 0.4) is 0 Å². The van der Waals surface area contributed by atoms with Crippen LogP contribution in [0, 0.1) is 11.8 Å². The molecule has 0 unspecified atom stereocenters. The number of aromatic nitrogens is 4. The molecule has 0 atom stereocenters. The van der Waals surface area contributed by atoms with Gasteiger partial charge < -0.3 is 16.0 Å². The summed E-state index contributed by atoms with van der Waals surface area (Å²) in [6, 6.07) is 10.2. The van der Waals surface area contributed by atoms with Crippen LogP contribution in [-0.4, -0.2) is 25.4 Å². The summed E-state index contributed by atoms with van der Waals surface area (Å²) in [6.45, 7) is 6.68. The molecule has 1 amide bonds. The van der Waals surface area contributed by atoms with Crippen molar-refractivity contribution in [1.29, 1.82) is 0 Å². The van der Waals surface area contributed by atoms with Crippen LogP contribution in [0.2, 0.25) is 0 Å². The van der Waals surface area contributed by atoms with Gasteiger partial charge in [-0.15, -0.1) is 0 Å². The molecule has 1 aliphatic heterocycles. The van der Waals surface area contributed by atoms with Crippen molar-refractivity contribution < 1.29 is 4.79 Å². The third kappa shape index (κ3) is 3.25. The molecule has 0 spiro atoms. The molecule has 0 saturated carbocycles. The Morgan fingerprint density at radius 1 is 1.23 bits per heavy atom. The smallest absolute Gasteiger partial charge is 0.293 e. The fraction of sp³-hybridized carbons (Fsp3) is 0.130. The molecule has 148 valence electrons. The maximum atomic E-state index is 9.65. The Morgan fingerprint density at radius 3 is 2.77 bits per heavy atom. The van der Waals surface area contributed by atoms with Gasteiger partial charge in [0.25, 0.3) is 5.91 Å². The highest BCUT2D eigenvalue weighted by atomic mass is 16.1. The summed E-state index contributed by atoms with van der Waals surface area (Å²) in [5.74, 6) is 4.37. The summed E-state index contributed by atoms with van der Waals surface area (Å²) in [4.78, 5) is 22.9. The first kappa shape index (κ1) is 19.2. The number of carbonyl (C=O) groups excluding carboxylic acids is 1. The molecule has 5 rings (SSSR count). The summed E-state index contributed by atoms with van der Waals surface area (Å²) >= 11 is 0. The van der Waals surface area contributed by atoms with Crippen LogP contribution in [0.4, 0.5) is 5.82 Å². The Labute approximate surface area is 173 Å². The largest absolute Gasteiger partial charge is 0.383 e. The average Bonchev–Trinajstić information content (AvgIpc) is 3.27. The molecule has 0 saturated heterocycles. The number of hydrogen-bond donors (Lipinski definition) is 2. The lowest BCUT2D eigenvalue weighted by Crippen LogP contribution is -2.05. The van der Waals surface area contributed by atoms with Crippen LogP contribution >= 0.6 is 0 Å². The molecule has 1 aromatic carbocycles. The van der Waals surface area contributed by atoms with Crippen LogP contribution in [0.15, 0.2) is 49.4 Å². The van der Waals surface area contributed by atoms with Gasteiger partial charge in [-0.05, 0) is 37.0 Å². The Morgan fingerprint density at radius 2 is 2.03 bits per heavy atom. The number of nitrogens with zero attached hydrogens (tertiary/aromatic N) is 4. The van der Waals surface area contributed by atoms with E-state index in [1.165, 1.54) is 6.33 Å². The zero-order valence-electron chi connectivity index (χ0n) is 16.5. The fourth-order valence-electron chi connectivity index (χ4n) is 3.76. The molecule has 0 radical (unpaired) electrons. The van der Waals surface area contributed by atoms with Crippen molar-refractivity contribution in [3.05, 3.63) is 55.1 Å². The van der Waals surface area contributed by atoms with E-state index >= 15 is 0 Å². The molecule has 3 aromatic heterocycles. The molecule has 7 heteroatoms. The van der Waals surface area contributed by atoms with Crippen molar-refractivity contribution >= 4 is 39.2 Å². The van der Waals surface area contributed by atoms with E-state index in [-0.39, 0.29) is 0 Å². The van der Waals surface area contributed by atoms with Gasteiger partial charge in [-0.3, -0.25) is 9.78 Å². The lowest BCUT2D eigenvalue weighted by molar-refractivity contribution is -0.112. The predicted molar refractivity (Wildman–Crippen MR) is 119 cm³/mol. The molecular formula is C23H20N6O. The van der Waals surface area contributed by atoms with Gasteiger partial charge in [0.1, 0.15) is 17.8 Å². The van der Waals surface area contributed by atoms with Crippen molar-refractivity contribution in [2.45, 2.75) is 19.9 Å². The normalized spacial score (nSPS) is 12.1. The minimum absolute atomic E-state index is 0.498. The summed E-state index contributed by atoms with van der Waals surface area (Å²) in [7, 11) is 0. The van der Waals surface area contributed by atoms with Gasteiger partial charge in [0, 0.05) is 29.3 Å². The van der Waals surface area contributed by atoms with Crippen molar-refractivity contribution in [2.24, 2.45) is 5.73 Å². The Bertz CT molecular complexity index is 1370. The minimum atomic E-state index is -0.572. The number of aryl methyl sites for hydroxylation is 1. The number of carbonyl (C=O) groups is 1. The first-order valence-electron chi connectivity index (χ1n) is 9.39. The van der Waals surface area contributed by atoms with Gasteiger partial charge in [0.15, 0.2) is 0 Å². The van der Waals surface area contributed by atoms with Crippen molar-refractivity contribution in [1.82, 2.24) is 19.5 Å². The highest BCUT2D eigenvalue weighted by Gasteiger charge is 2.27. The highest BCUT2D eigenvalue weighted by Crippen LogP contribution is 2.43. The second-order valence-corrected chi connectivity index (χ2v) is 6.84. The van der Waals surface area contributed by atoms with E-state index in [4.69, 9.17) is 5.73 Å². The molecular weight excluding hydrogens is 376 g/mol. The monoisotopic (exact) mass is 396 g/mol. The van der Waals surface area contributed by atoms with Crippen LogP contribution in [0.5, 0.6) is 0 Å². The number of anilines is 1. The van der Waals surface area contributed by atoms with Crippen LogP contribution < -0.4 is 11.5 Å². The number of pyridine rings is 1. The molecule has 1 aliphatic rings. The number of primary amides is 1. The second kappa shape index (κ2) is 7.68. The van der Waals surface area contributed by atoms with Gasteiger partial charge in [-0.25, -0.2) is 9.97 Å². The number of hydrogen-bond acceptors (Lipinski definition) is 5. The lowest BCUT2D eigenvalue weighted by atomic mass is 9.99. The SMILES string of the molecule is C=C1CCn2c1c(-c1cnc3ccccc3c1)c1c(N)ncnc12.CC#CC(N)=O. The molecule has 0 aliphatic carbocycles. The standard InChI is InChI=1S/C19H15N5.C4H5NO/c1-11-6-7-24-17(11)15(16-18(20)22-10-23-19(16)24)13-8-12-4-2-3-5-14(12)21-9-13;1-2-3-4(5)6/h2-5,8-10H,1,6-7H2,(H2,20,22,23);1H3,(H2,5,6). The number of nitrogen functional groups attached to an aromatic ring is 1. The van der Waals surface area contributed by atoms with Crippen LogP contribution in [0.25, 0.3) is 38.6 Å². The van der Waals surface area contributed by atoms with Gasteiger partial charge in [0.05, 0.1) is 16.6 Å². The topological polar surface area (TPSA) is 113 Å². The van der Waals surface area contributed by atoms with Crippen molar-refractivity contribution in [2.75, 3.05) is 5.73 Å². The third-order valence-electron chi connectivity index (χ3n) is 4.97. The Hall–Kier alpha value is -4.18. The summed E-state index contributed by atoms with van der Waals surface area (Å²) < 4.78 is 2.19. The van der Waals surface area contributed by atoms with E-state index in [0.29, 0.717) is 5.82 Å². The number of rotatable bonds is 1. The van der Waals surface area contributed by atoms with E-state index in [0.717, 1.165) is 57.3 Å². The van der Waals surface area contributed by atoms with E-state index in [1.54, 1.807) is 6.92 Å². The minimum Gasteiger partial charge on any atom is -0.383 e. The molecule has 0 bridgehead atoms. The predicted octanol–water partition coefficient (Wildman–Crippen LogP) is 3.14. The van der Waals surface area contributed by atoms with E-state index in [1.807, 2.05) is 24.4 Å². The third-order valence-corrected chi connectivity index (χ3v) is 4.97. The molecule has 4 aromatic rings. The van der Waals surface area contributed by atoms with Gasteiger partial charge in [-0.1, -0.05) is 30.7 Å². The van der Waals surface area contributed by atoms with E-state index in [2.05, 4.69) is 55.8 Å². The number of allylic oxidation sites excluding steroid dienone is 1. The first-order chi connectivity index (χ1) is 14.5. The number of nitrogens with two attached hydrogens (primary N) is 2. The quantitative estimate of drug-likeness (QED) is 0.480. The zero-order chi connectivity index (χ0) is 21.3. The fourth-order valence-corrected chi connectivity index (χ4v) is 3.76. The Kier molecular flexibility index (Phi) is 4.90. The maximum absolute atomic E-state index is 9.65. The number of fused-ring (bicyclic) bond motifs is 4. The Balaban J connectivity index is 0.000000322. The van der Waals surface area contributed by atoms with E-state index in [9.17, 15) is 4.79 Å². The number of benzene rings is 1. The van der Waals surface area contributed by atoms with Crippen LogP contribution in [0.1, 0.15) is 19.0 Å². The van der Waals surface area contributed by atoms with Gasteiger partial charge in [-0.2, -0.15) is 0 Å². The van der Waals surface area contributed by atoms with E-state index < -0.39 is 5.91 Å². The first-order valence-corrected chi connectivity index (χ1v) is 9.39. The number of amides is 1. The number of para-hydroxylation sites is 1.